The van der Waals surface area contributed by atoms with Crippen molar-refractivity contribution in [2.24, 2.45) is 5.73 Å². The molecule has 1 aromatic carbocycles. The van der Waals surface area contributed by atoms with Crippen molar-refractivity contribution in [3.63, 3.8) is 0 Å². The number of aromatic nitrogens is 1. The zero-order valence-electron chi connectivity index (χ0n) is 11.9. The average Bonchev–Trinajstić information content (AvgIpc) is 2.97. The van der Waals surface area contributed by atoms with E-state index in [-0.39, 0.29) is 6.04 Å². The lowest BCUT2D eigenvalue weighted by molar-refractivity contribution is 0.696. The number of benzene rings is 1. The van der Waals surface area contributed by atoms with Gasteiger partial charge in [0.1, 0.15) is 0 Å². The van der Waals surface area contributed by atoms with Gasteiger partial charge in [0.05, 0.1) is 11.6 Å². The van der Waals surface area contributed by atoms with E-state index < -0.39 is 0 Å². The number of rotatable bonds is 2. The normalized spacial score (nSPS) is 15.9. The third kappa shape index (κ3) is 2.37. The van der Waals surface area contributed by atoms with Crippen LogP contribution in [0.15, 0.2) is 42.6 Å². The monoisotopic (exact) mass is 294 g/mol. The largest absolute Gasteiger partial charge is 0.320 e. The Morgan fingerprint density at radius 2 is 2.00 bits per heavy atom. The molecule has 0 saturated heterocycles. The summed E-state index contributed by atoms with van der Waals surface area (Å²) in [6.45, 7) is 0. The van der Waals surface area contributed by atoms with Crippen LogP contribution in [-0.4, -0.2) is 4.98 Å². The molecule has 4 rings (SSSR count). The number of fused-ring (bicyclic) bond motifs is 2. The molecule has 3 heteroatoms. The maximum Gasteiger partial charge on any atom is 0.0702 e. The highest BCUT2D eigenvalue weighted by Crippen LogP contribution is 2.34. The summed E-state index contributed by atoms with van der Waals surface area (Å²) in [5, 5.41) is 1.16. The molecule has 21 heavy (non-hydrogen) atoms. The molecule has 2 heterocycles. The standard InChI is InChI=1S/C18H18N2S/c19-18(17-11-13-4-1-2-6-16(13)21-17)14-7-8-15-12(10-14)5-3-9-20-15/h3,5,7-11,18H,1-2,4,6,19H2. The summed E-state index contributed by atoms with van der Waals surface area (Å²) in [5.74, 6) is 0. The van der Waals surface area contributed by atoms with Gasteiger partial charge in [-0.15, -0.1) is 11.3 Å². The van der Waals surface area contributed by atoms with Crippen LogP contribution in [0.25, 0.3) is 10.9 Å². The first-order chi connectivity index (χ1) is 10.3. The lowest BCUT2D eigenvalue weighted by Crippen LogP contribution is -2.10. The Kier molecular flexibility index (Phi) is 3.24. The minimum absolute atomic E-state index is 0.0230. The minimum Gasteiger partial charge on any atom is -0.320 e. The highest BCUT2D eigenvalue weighted by atomic mass is 32.1. The van der Waals surface area contributed by atoms with Gasteiger partial charge in [-0.3, -0.25) is 4.98 Å². The van der Waals surface area contributed by atoms with Gasteiger partial charge in [0, 0.05) is 21.3 Å². The van der Waals surface area contributed by atoms with Gasteiger partial charge in [-0.25, -0.2) is 0 Å². The maximum atomic E-state index is 6.51. The summed E-state index contributed by atoms with van der Waals surface area (Å²) in [5.41, 5.74) is 10.2. The molecule has 1 atom stereocenters. The van der Waals surface area contributed by atoms with Gasteiger partial charge in [-0.2, -0.15) is 0 Å². The number of pyridine rings is 1. The Balaban J connectivity index is 1.71. The SMILES string of the molecule is NC(c1ccc2ncccc2c1)c1cc2c(s1)CCCC2. The van der Waals surface area contributed by atoms with Crippen LogP contribution in [0.2, 0.25) is 0 Å². The molecular weight excluding hydrogens is 276 g/mol. The van der Waals surface area contributed by atoms with Crippen LogP contribution in [0.5, 0.6) is 0 Å². The first kappa shape index (κ1) is 13.0. The molecule has 2 nitrogen and oxygen atoms in total. The molecule has 0 fully saturated rings. The molecule has 1 aliphatic rings. The molecule has 0 aliphatic heterocycles. The zero-order chi connectivity index (χ0) is 14.2. The van der Waals surface area contributed by atoms with Crippen molar-refractivity contribution in [3.05, 3.63) is 63.5 Å². The molecule has 2 aromatic heterocycles. The zero-order valence-corrected chi connectivity index (χ0v) is 12.7. The van der Waals surface area contributed by atoms with Gasteiger partial charge in [0.15, 0.2) is 0 Å². The van der Waals surface area contributed by atoms with Crippen LogP contribution < -0.4 is 5.73 Å². The van der Waals surface area contributed by atoms with E-state index >= 15 is 0 Å². The number of hydrogen-bond donors (Lipinski definition) is 1. The summed E-state index contributed by atoms with van der Waals surface area (Å²) < 4.78 is 0. The van der Waals surface area contributed by atoms with Crippen molar-refractivity contribution in [2.75, 3.05) is 0 Å². The summed E-state index contributed by atoms with van der Waals surface area (Å²) in [6.07, 6.45) is 6.92. The molecule has 0 saturated carbocycles. The second-order valence-corrected chi connectivity index (χ2v) is 6.91. The predicted molar refractivity (Wildman–Crippen MR) is 88.7 cm³/mol. The van der Waals surface area contributed by atoms with Crippen LogP contribution in [0.1, 0.15) is 39.8 Å². The second-order valence-electron chi connectivity index (χ2n) is 5.74. The Labute approximate surface area is 128 Å². The van der Waals surface area contributed by atoms with E-state index in [0.29, 0.717) is 0 Å². The molecule has 0 spiro atoms. The molecule has 3 aromatic rings. The van der Waals surface area contributed by atoms with Crippen molar-refractivity contribution in [1.82, 2.24) is 4.98 Å². The smallest absolute Gasteiger partial charge is 0.0702 e. The third-order valence-corrected chi connectivity index (χ3v) is 5.63. The lowest BCUT2D eigenvalue weighted by atomic mass is 9.97. The van der Waals surface area contributed by atoms with Gasteiger partial charge in [-0.1, -0.05) is 12.1 Å². The third-order valence-electron chi connectivity index (χ3n) is 4.31. The van der Waals surface area contributed by atoms with Crippen LogP contribution >= 0.6 is 11.3 Å². The van der Waals surface area contributed by atoms with Gasteiger partial charge in [0.25, 0.3) is 0 Å². The quantitative estimate of drug-likeness (QED) is 0.768. The first-order valence-electron chi connectivity index (χ1n) is 7.53. The second kappa shape index (κ2) is 5.24. The highest BCUT2D eigenvalue weighted by Gasteiger charge is 2.18. The van der Waals surface area contributed by atoms with E-state index in [4.69, 9.17) is 5.73 Å². The minimum atomic E-state index is -0.0230. The summed E-state index contributed by atoms with van der Waals surface area (Å²) in [4.78, 5) is 7.22. The van der Waals surface area contributed by atoms with Gasteiger partial charge < -0.3 is 5.73 Å². The first-order valence-corrected chi connectivity index (χ1v) is 8.35. The van der Waals surface area contributed by atoms with Crippen LogP contribution in [0.3, 0.4) is 0 Å². The fourth-order valence-electron chi connectivity index (χ4n) is 3.12. The number of thiophene rings is 1. The van der Waals surface area contributed by atoms with Gasteiger partial charge in [-0.05, 0) is 61.1 Å². The lowest BCUT2D eigenvalue weighted by Gasteiger charge is -2.10. The fourth-order valence-corrected chi connectivity index (χ4v) is 4.41. The highest BCUT2D eigenvalue weighted by molar-refractivity contribution is 7.12. The van der Waals surface area contributed by atoms with Crippen molar-refractivity contribution >= 4 is 22.2 Å². The van der Waals surface area contributed by atoms with Crippen molar-refractivity contribution < 1.29 is 0 Å². The average molecular weight is 294 g/mol. The van der Waals surface area contributed by atoms with E-state index in [1.807, 2.05) is 23.6 Å². The van der Waals surface area contributed by atoms with Crippen molar-refractivity contribution in [2.45, 2.75) is 31.7 Å². The molecule has 2 N–H and O–H groups in total. The van der Waals surface area contributed by atoms with E-state index in [2.05, 4.69) is 35.3 Å². The molecule has 1 aliphatic carbocycles. The summed E-state index contributed by atoms with van der Waals surface area (Å²) in [7, 11) is 0. The molecule has 0 bridgehead atoms. The van der Waals surface area contributed by atoms with Crippen molar-refractivity contribution in [1.29, 1.82) is 0 Å². The van der Waals surface area contributed by atoms with Crippen molar-refractivity contribution in [3.8, 4) is 0 Å². The Morgan fingerprint density at radius 1 is 1.10 bits per heavy atom. The molecular formula is C18H18N2S. The maximum absolute atomic E-state index is 6.51. The topological polar surface area (TPSA) is 38.9 Å². The fraction of sp³-hybridized carbons (Fsp3) is 0.278. The van der Waals surface area contributed by atoms with Crippen LogP contribution in [0.4, 0.5) is 0 Å². The summed E-state index contributed by atoms with van der Waals surface area (Å²) >= 11 is 1.90. The molecule has 0 radical (unpaired) electrons. The molecule has 106 valence electrons. The number of nitrogens with two attached hydrogens (primary N) is 1. The number of hydrogen-bond acceptors (Lipinski definition) is 3. The van der Waals surface area contributed by atoms with Crippen LogP contribution in [-0.2, 0) is 12.8 Å². The summed E-state index contributed by atoms with van der Waals surface area (Å²) in [6, 6.07) is 12.7. The molecule has 0 amide bonds. The van der Waals surface area contributed by atoms with E-state index in [9.17, 15) is 0 Å². The Bertz CT molecular complexity index is 767. The predicted octanol–water partition coefficient (Wildman–Crippen LogP) is 4.22. The van der Waals surface area contributed by atoms with E-state index in [1.54, 1.807) is 4.88 Å². The van der Waals surface area contributed by atoms with Gasteiger partial charge in [0.2, 0.25) is 0 Å². The number of aryl methyl sites for hydroxylation is 2. The number of nitrogens with zero attached hydrogens (tertiary/aromatic N) is 1. The Hall–Kier alpha value is -1.71. The van der Waals surface area contributed by atoms with E-state index in [1.165, 1.54) is 41.7 Å². The van der Waals surface area contributed by atoms with Crippen LogP contribution in [0, 0.1) is 0 Å². The van der Waals surface area contributed by atoms with E-state index in [0.717, 1.165) is 10.9 Å². The Morgan fingerprint density at radius 3 is 2.90 bits per heavy atom. The molecule has 1 unspecified atom stereocenters. The van der Waals surface area contributed by atoms with Gasteiger partial charge >= 0.3 is 0 Å².